The summed E-state index contributed by atoms with van der Waals surface area (Å²) in [6, 6.07) is 6.01. The van der Waals surface area contributed by atoms with Crippen LogP contribution in [-0.4, -0.2) is 46.7 Å². The van der Waals surface area contributed by atoms with E-state index in [0.717, 1.165) is 17.0 Å². The van der Waals surface area contributed by atoms with Gasteiger partial charge in [0.1, 0.15) is 0 Å². The first-order valence-corrected chi connectivity index (χ1v) is 9.92. The number of sulfonamides is 1. The molecule has 0 saturated carbocycles. The molecule has 0 aliphatic carbocycles. The Morgan fingerprint density at radius 1 is 1.20 bits per heavy atom. The standard InChI is InChI=1S/C17H26N2O5S/c1-13(2)9-11-18-16(20)10-12-19(25(4,22)23)15-7-5-14(6-8-15)17(21)24-3/h5-8,13H,9-12H2,1-4H3,(H,18,20). The smallest absolute Gasteiger partial charge is 0.337 e. The first-order chi connectivity index (χ1) is 11.6. The molecule has 0 radical (unpaired) electrons. The Bertz CT molecular complexity index is 683. The molecule has 0 aliphatic heterocycles. The predicted molar refractivity (Wildman–Crippen MR) is 97.1 cm³/mol. The quantitative estimate of drug-likeness (QED) is 0.669. The highest BCUT2D eigenvalue weighted by molar-refractivity contribution is 7.92. The molecular formula is C17H26N2O5S. The fraction of sp³-hybridized carbons (Fsp3) is 0.529. The third-order valence-electron chi connectivity index (χ3n) is 3.56. The first-order valence-electron chi connectivity index (χ1n) is 8.08. The Morgan fingerprint density at radius 2 is 1.80 bits per heavy atom. The van der Waals surface area contributed by atoms with Crippen LogP contribution in [-0.2, 0) is 19.6 Å². The molecule has 1 rings (SSSR count). The minimum Gasteiger partial charge on any atom is -0.465 e. The maximum atomic E-state index is 12.0. The number of ether oxygens (including phenoxy) is 1. The lowest BCUT2D eigenvalue weighted by atomic mass is 10.1. The van der Waals surface area contributed by atoms with Crippen LogP contribution < -0.4 is 9.62 Å². The molecule has 1 aromatic rings. The van der Waals surface area contributed by atoms with Gasteiger partial charge in [0, 0.05) is 19.5 Å². The Balaban J connectivity index is 2.76. The molecule has 0 saturated heterocycles. The fourth-order valence-corrected chi connectivity index (χ4v) is 3.09. The van der Waals surface area contributed by atoms with Crippen LogP contribution in [0, 0.1) is 5.92 Å². The van der Waals surface area contributed by atoms with Crippen LogP contribution in [0.4, 0.5) is 5.69 Å². The van der Waals surface area contributed by atoms with Crippen LogP contribution in [0.1, 0.15) is 37.0 Å². The number of amides is 1. The second-order valence-corrected chi connectivity index (χ2v) is 8.06. The van der Waals surface area contributed by atoms with Crippen molar-refractivity contribution in [2.75, 3.05) is 30.8 Å². The zero-order chi connectivity index (χ0) is 19.0. The lowest BCUT2D eigenvalue weighted by Crippen LogP contribution is -2.35. The number of carbonyl (C=O) groups is 2. The summed E-state index contributed by atoms with van der Waals surface area (Å²) in [5, 5.41) is 2.78. The summed E-state index contributed by atoms with van der Waals surface area (Å²) in [4.78, 5) is 23.3. The monoisotopic (exact) mass is 370 g/mol. The van der Waals surface area contributed by atoms with Gasteiger partial charge in [-0.2, -0.15) is 0 Å². The van der Waals surface area contributed by atoms with Crippen molar-refractivity contribution in [1.82, 2.24) is 5.32 Å². The zero-order valence-corrected chi connectivity index (χ0v) is 15.9. The van der Waals surface area contributed by atoms with Crippen LogP contribution >= 0.6 is 0 Å². The number of rotatable bonds is 9. The number of nitrogens with one attached hydrogen (secondary N) is 1. The van der Waals surface area contributed by atoms with Crippen LogP contribution in [0.5, 0.6) is 0 Å². The van der Waals surface area contributed by atoms with Crippen molar-refractivity contribution in [3.8, 4) is 0 Å². The number of methoxy groups -OCH3 is 1. The molecule has 8 heteroatoms. The second-order valence-electron chi connectivity index (χ2n) is 6.16. The molecule has 0 aliphatic rings. The van der Waals surface area contributed by atoms with Crippen molar-refractivity contribution >= 4 is 27.6 Å². The normalized spacial score (nSPS) is 11.2. The van der Waals surface area contributed by atoms with Gasteiger partial charge < -0.3 is 10.1 Å². The van der Waals surface area contributed by atoms with Crippen molar-refractivity contribution in [3.63, 3.8) is 0 Å². The molecule has 1 aromatic carbocycles. The topological polar surface area (TPSA) is 92.8 Å². The van der Waals surface area contributed by atoms with Gasteiger partial charge in [-0.25, -0.2) is 13.2 Å². The van der Waals surface area contributed by atoms with Crippen LogP contribution in [0.25, 0.3) is 0 Å². The van der Waals surface area contributed by atoms with Gasteiger partial charge in [0.25, 0.3) is 0 Å². The predicted octanol–water partition coefficient (Wildman–Crippen LogP) is 1.79. The van der Waals surface area contributed by atoms with Crippen LogP contribution in [0.2, 0.25) is 0 Å². The number of anilines is 1. The summed E-state index contributed by atoms with van der Waals surface area (Å²) < 4.78 is 29.8. The van der Waals surface area contributed by atoms with Gasteiger partial charge in [-0.3, -0.25) is 9.10 Å². The fourth-order valence-electron chi connectivity index (χ4n) is 2.16. The van der Waals surface area contributed by atoms with Crippen LogP contribution in [0.3, 0.4) is 0 Å². The number of hydrogen-bond acceptors (Lipinski definition) is 5. The molecule has 25 heavy (non-hydrogen) atoms. The van der Waals surface area contributed by atoms with Crippen LogP contribution in [0.15, 0.2) is 24.3 Å². The molecule has 0 atom stereocenters. The zero-order valence-electron chi connectivity index (χ0n) is 15.1. The Kier molecular flexibility index (Phi) is 7.89. The lowest BCUT2D eigenvalue weighted by Gasteiger charge is -2.22. The summed E-state index contributed by atoms with van der Waals surface area (Å²) >= 11 is 0. The summed E-state index contributed by atoms with van der Waals surface area (Å²) in [6.07, 6.45) is 2.01. The van der Waals surface area contributed by atoms with E-state index in [1.165, 1.54) is 31.4 Å². The third-order valence-corrected chi connectivity index (χ3v) is 4.76. The van der Waals surface area contributed by atoms with E-state index >= 15 is 0 Å². The maximum absolute atomic E-state index is 12.0. The van der Waals surface area contributed by atoms with E-state index < -0.39 is 16.0 Å². The average molecular weight is 370 g/mol. The molecular weight excluding hydrogens is 344 g/mol. The summed E-state index contributed by atoms with van der Waals surface area (Å²) in [5.41, 5.74) is 0.719. The van der Waals surface area contributed by atoms with E-state index in [1.54, 1.807) is 0 Å². The molecule has 1 amide bonds. The lowest BCUT2D eigenvalue weighted by molar-refractivity contribution is -0.120. The SMILES string of the molecule is COC(=O)c1ccc(N(CCC(=O)NCCC(C)C)S(C)(=O)=O)cc1. The molecule has 0 bridgehead atoms. The average Bonchev–Trinajstić information content (AvgIpc) is 2.53. The molecule has 0 aromatic heterocycles. The summed E-state index contributed by atoms with van der Waals surface area (Å²) in [7, 11) is -2.27. The van der Waals surface area contributed by atoms with E-state index in [-0.39, 0.29) is 18.9 Å². The Labute approximate surface area is 149 Å². The Hall–Kier alpha value is -2.09. The van der Waals surface area contributed by atoms with Gasteiger partial charge in [0.2, 0.25) is 15.9 Å². The highest BCUT2D eigenvalue weighted by Gasteiger charge is 2.19. The number of esters is 1. The van der Waals surface area contributed by atoms with Crippen molar-refractivity contribution in [3.05, 3.63) is 29.8 Å². The van der Waals surface area contributed by atoms with Gasteiger partial charge in [-0.15, -0.1) is 0 Å². The highest BCUT2D eigenvalue weighted by Crippen LogP contribution is 2.19. The van der Waals surface area contributed by atoms with E-state index in [2.05, 4.69) is 23.9 Å². The number of carbonyl (C=O) groups excluding carboxylic acids is 2. The van der Waals surface area contributed by atoms with Crippen molar-refractivity contribution in [1.29, 1.82) is 0 Å². The molecule has 1 N–H and O–H groups in total. The molecule has 0 fully saturated rings. The highest BCUT2D eigenvalue weighted by atomic mass is 32.2. The first kappa shape index (κ1) is 21.0. The summed E-state index contributed by atoms with van der Waals surface area (Å²) in [5.74, 6) is -0.205. The van der Waals surface area contributed by atoms with E-state index in [4.69, 9.17) is 0 Å². The largest absolute Gasteiger partial charge is 0.465 e. The van der Waals surface area contributed by atoms with Gasteiger partial charge in [0.05, 0.1) is 24.6 Å². The molecule has 0 heterocycles. The van der Waals surface area contributed by atoms with Gasteiger partial charge >= 0.3 is 5.97 Å². The third kappa shape index (κ3) is 7.13. The van der Waals surface area contributed by atoms with E-state index in [9.17, 15) is 18.0 Å². The van der Waals surface area contributed by atoms with E-state index in [0.29, 0.717) is 23.7 Å². The maximum Gasteiger partial charge on any atom is 0.337 e. The number of hydrogen-bond donors (Lipinski definition) is 1. The van der Waals surface area contributed by atoms with Crippen molar-refractivity contribution in [2.45, 2.75) is 26.7 Å². The molecule has 0 unspecified atom stereocenters. The minimum atomic E-state index is -3.55. The number of benzene rings is 1. The second kappa shape index (κ2) is 9.41. The molecule has 140 valence electrons. The number of nitrogens with zero attached hydrogens (tertiary/aromatic N) is 1. The van der Waals surface area contributed by atoms with Gasteiger partial charge in [0.15, 0.2) is 0 Å². The van der Waals surface area contributed by atoms with Gasteiger partial charge in [-0.1, -0.05) is 13.8 Å². The molecule has 0 spiro atoms. The van der Waals surface area contributed by atoms with Crippen molar-refractivity contribution in [2.24, 2.45) is 5.92 Å². The van der Waals surface area contributed by atoms with E-state index in [1.807, 2.05) is 0 Å². The molecule has 7 nitrogen and oxygen atoms in total. The van der Waals surface area contributed by atoms with Gasteiger partial charge in [-0.05, 0) is 36.6 Å². The minimum absolute atomic E-state index is 0.0317. The van der Waals surface area contributed by atoms with Crippen molar-refractivity contribution < 1.29 is 22.7 Å². The Morgan fingerprint density at radius 3 is 2.28 bits per heavy atom. The summed E-state index contributed by atoms with van der Waals surface area (Å²) in [6.45, 7) is 4.73.